The van der Waals surface area contributed by atoms with Crippen LogP contribution >= 0.6 is 11.3 Å². The molecule has 2 N–H and O–H groups in total. The molecule has 1 heterocycles. The largest absolute Gasteiger partial charge is 0.386 e. The van der Waals surface area contributed by atoms with Gasteiger partial charge in [0.25, 0.3) is 0 Å². The van der Waals surface area contributed by atoms with Gasteiger partial charge in [0, 0.05) is 22.2 Å². The lowest BCUT2D eigenvalue weighted by atomic mass is 10.2. The van der Waals surface area contributed by atoms with Gasteiger partial charge in [0.2, 0.25) is 5.91 Å². The molecule has 0 saturated heterocycles. The molecule has 0 spiro atoms. The zero-order valence-electron chi connectivity index (χ0n) is 12.1. The summed E-state index contributed by atoms with van der Waals surface area (Å²) in [5.74, 6) is -0.0236. The number of carbonyl (C=O) groups excluding carboxylic acids is 1. The summed E-state index contributed by atoms with van der Waals surface area (Å²) in [4.78, 5) is 14.8. The molecule has 1 amide bonds. The summed E-state index contributed by atoms with van der Waals surface area (Å²) in [6.07, 6.45) is 1.74. The van der Waals surface area contributed by atoms with Gasteiger partial charge < -0.3 is 10.4 Å². The van der Waals surface area contributed by atoms with Gasteiger partial charge in [-0.2, -0.15) is 0 Å². The highest BCUT2D eigenvalue weighted by atomic mass is 32.1. The van der Waals surface area contributed by atoms with Crippen molar-refractivity contribution in [3.05, 3.63) is 35.2 Å². The number of hydrogen-bond acceptors (Lipinski definition) is 4. The molecule has 3 rings (SSSR count). The molecule has 5 heteroatoms. The highest BCUT2D eigenvalue weighted by Crippen LogP contribution is 2.29. The molecule has 1 fully saturated rings. The summed E-state index contributed by atoms with van der Waals surface area (Å²) in [6, 6.07) is 10.6. The van der Waals surface area contributed by atoms with Crippen LogP contribution in [0.15, 0.2) is 30.3 Å². The Morgan fingerprint density at radius 1 is 1.48 bits per heavy atom. The first kappa shape index (κ1) is 14.5. The van der Waals surface area contributed by atoms with Crippen molar-refractivity contribution >= 4 is 27.3 Å². The summed E-state index contributed by atoms with van der Waals surface area (Å²) in [5, 5.41) is 14.2. The van der Waals surface area contributed by atoms with Gasteiger partial charge in [0.1, 0.15) is 6.10 Å². The van der Waals surface area contributed by atoms with Crippen molar-refractivity contribution in [1.82, 2.24) is 10.2 Å². The van der Waals surface area contributed by atoms with Crippen molar-refractivity contribution < 1.29 is 9.90 Å². The molecule has 1 aromatic heterocycles. The Labute approximate surface area is 128 Å². The van der Waals surface area contributed by atoms with Crippen LogP contribution in [-0.4, -0.2) is 42.1 Å². The number of nitrogens with one attached hydrogen (secondary N) is 1. The van der Waals surface area contributed by atoms with E-state index in [-0.39, 0.29) is 12.5 Å². The van der Waals surface area contributed by atoms with E-state index in [1.165, 1.54) is 12.8 Å². The number of rotatable bonds is 6. The Hall–Kier alpha value is -1.43. The number of carbonyl (C=O) groups is 1. The quantitative estimate of drug-likeness (QED) is 0.860. The first-order valence-corrected chi connectivity index (χ1v) is 8.08. The molecule has 2 aromatic rings. The van der Waals surface area contributed by atoms with E-state index >= 15 is 0 Å². The Kier molecular flexibility index (Phi) is 4.24. The summed E-state index contributed by atoms with van der Waals surface area (Å²) in [6.45, 7) is 0.675. The number of fused-ring (bicyclic) bond motifs is 1. The monoisotopic (exact) mass is 304 g/mol. The van der Waals surface area contributed by atoms with Crippen LogP contribution in [0.25, 0.3) is 10.1 Å². The van der Waals surface area contributed by atoms with Crippen LogP contribution in [0.4, 0.5) is 0 Å². The number of amides is 1. The average molecular weight is 304 g/mol. The molecule has 1 atom stereocenters. The van der Waals surface area contributed by atoms with Crippen LogP contribution in [0.5, 0.6) is 0 Å². The maximum Gasteiger partial charge on any atom is 0.234 e. The van der Waals surface area contributed by atoms with Crippen LogP contribution in [0.3, 0.4) is 0 Å². The van der Waals surface area contributed by atoms with Crippen molar-refractivity contribution in [2.45, 2.75) is 25.0 Å². The minimum absolute atomic E-state index is 0.0236. The summed E-state index contributed by atoms with van der Waals surface area (Å²) in [5.41, 5.74) is 0. The lowest BCUT2D eigenvalue weighted by molar-refractivity contribution is -0.122. The van der Waals surface area contributed by atoms with Crippen molar-refractivity contribution in [1.29, 1.82) is 0 Å². The number of hydrogen-bond donors (Lipinski definition) is 2. The first-order chi connectivity index (χ1) is 10.1. The molecule has 0 aliphatic heterocycles. The Morgan fingerprint density at radius 3 is 2.95 bits per heavy atom. The molecule has 0 radical (unpaired) electrons. The van der Waals surface area contributed by atoms with E-state index < -0.39 is 6.10 Å². The molecule has 1 aliphatic rings. The standard InChI is InChI=1S/C16H20N2O2S/c1-18(12-6-7-12)10-16(20)17-9-13(19)15-8-11-4-2-3-5-14(11)21-15/h2-5,8,12-13,19H,6-7,9-10H2,1H3,(H,17,20). The zero-order chi connectivity index (χ0) is 14.8. The normalized spacial score (nSPS) is 16.3. The van der Waals surface area contributed by atoms with Crippen LogP contribution in [0.1, 0.15) is 23.8 Å². The predicted octanol–water partition coefficient (Wildman–Crippen LogP) is 2.15. The Bertz CT molecular complexity index is 603. The third kappa shape index (κ3) is 3.61. The van der Waals surface area contributed by atoms with E-state index in [4.69, 9.17) is 0 Å². The molecule has 1 unspecified atom stereocenters. The molecular weight excluding hydrogens is 284 g/mol. The Balaban J connectivity index is 1.53. The summed E-state index contributed by atoms with van der Waals surface area (Å²) >= 11 is 1.57. The second-order valence-electron chi connectivity index (χ2n) is 5.65. The van der Waals surface area contributed by atoms with Gasteiger partial charge in [0.15, 0.2) is 0 Å². The van der Waals surface area contributed by atoms with Gasteiger partial charge in [-0.25, -0.2) is 0 Å². The number of nitrogens with zero attached hydrogens (tertiary/aromatic N) is 1. The van der Waals surface area contributed by atoms with Gasteiger partial charge in [-0.15, -0.1) is 11.3 Å². The molecule has 1 saturated carbocycles. The number of benzene rings is 1. The summed E-state index contributed by atoms with van der Waals surface area (Å²) < 4.78 is 1.16. The minimum Gasteiger partial charge on any atom is -0.386 e. The van der Waals surface area contributed by atoms with Crippen molar-refractivity contribution in [3.8, 4) is 0 Å². The van der Waals surface area contributed by atoms with Gasteiger partial charge in [-0.3, -0.25) is 9.69 Å². The van der Waals surface area contributed by atoms with Gasteiger partial charge in [0.05, 0.1) is 6.54 Å². The van der Waals surface area contributed by atoms with Crippen molar-refractivity contribution in [2.24, 2.45) is 0 Å². The zero-order valence-corrected chi connectivity index (χ0v) is 12.9. The van der Waals surface area contributed by atoms with E-state index in [0.29, 0.717) is 12.6 Å². The van der Waals surface area contributed by atoms with Gasteiger partial charge in [-0.1, -0.05) is 18.2 Å². The highest BCUT2D eigenvalue weighted by molar-refractivity contribution is 7.19. The fourth-order valence-corrected chi connectivity index (χ4v) is 3.46. The molecule has 21 heavy (non-hydrogen) atoms. The second kappa shape index (κ2) is 6.13. The average Bonchev–Trinajstić information content (AvgIpc) is 3.23. The second-order valence-corrected chi connectivity index (χ2v) is 6.77. The summed E-state index contributed by atoms with van der Waals surface area (Å²) in [7, 11) is 1.97. The van der Waals surface area contributed by atoms with Gasteiger partial charge >= 0.3 is 0 Å². The third-order valence-electron chi connectivity index (χ3n) is 3.83. The molecular formula is C16H20N2O2S. The maximum absolute atomic E-state index is 11.8. The highest BCUT2D eigenvalue weighted by Gasteiger charge is 2.27. The predicted molar refractivity (Wildman–Crippen MR) is 85.4 cm³/mol. The van der Waals surface area contributed by atoms with Crippen LogP contribution in [0.2, 0.25) is 0 Å². The first-order valence-electron chi connectivity index (χ1n) is 7.27. The van der Waals surface area contributed by atoms with Crippen LogP contribution in [-0.2, 0) is 4.79 Å². The number of likely N-dealkylation sites (N-methyl/N-ethyl adjacent to an activating group) is 1. The SMILES string of the molecule is CN(CC(=O)NCC(O)c1cc2ccccc2s1)C1CC1. The maximum atomic E-state index is 11.8. The molecule has 1 aliphatic carbocycles. The van der Waals surface area contributed by atoms with Crippen LogP contribution < -0.4 is 5.32 Å². The lowest BCUT2D eigenvalue weighted by Crippen LogP contribution is -2.37. The smallest absolute Gasteiger partial charge is 0.234 e. The number of thiophene rings is 1. The molecule has 0 bridgehead atoms. The lowest BCUT2D eigenvalue weighted by Gasteiger charge is -2.16. The third-order valence-corrected chi connectivity index (χ3v) is 5.05. The fourth-order valence-electron chi connectivity index (χ4n) is 2.40. The van der Waals surface area contributed by atoms with E-state index in [2.05, 4.69) is 10.2 Å². The van der Waals surface area contributed by atoms with Crippen LogP contribution in [0, 0.1) is 0 Å². The van der Waals surface area contributed by atoms with Crippen molar-refractivity contribution in [2.75, 3.05) is 20.1 Å². The van der Waals surface area contributed by atoms with Crippen molar-refractivity contribution in [3.63, 3.8) is 0 Å². The van der Waals surface area contributed by atoms with E-state index in [1.54, 1.807) is 11.3 Å². The Morgan fingerprint density at radius 2 is 2.24 bits per heavy atom. The molecule has 1 aromatic carbocycles. The topological polar surface area (TPSA) is 52.6 Å². The fraction of sp³-hybridized carbons (Fsp3) is 0.438. The molecule has 4 nitrogen and oxygen atoms in total. The number of aliphatic hydroxyl groups is 1. The van der Waals surface area contributed by atoms with E-state index in [0.717, 1.165) is 15.0 Å². The van der Waals surface area contributed by atoms with E-state index in [9.17, 15) is 9.90 Å². The van der Waals surface area contributed by atoms with E-state index in [1.807, 2.05) is 37.4 Å². The van der Waals surface area contributed by atoms with Gasteiger partial charge in [-0.05, 0) is 37.4 Å². The molecule has 112 valence electrons. The number of aliphatic hydroxyl groups excluding tert-OH is 1. The minimum atomic E-state index is -0.641.